The molecule has 0 aromatic carbocycles. The number of nitrogens with zero attached hydrogens (tertiary/aromatic N) is 1. The molecule has 7 heteroatoms. The lowest BCUT2D eigenvalue weighted by Gasteiger charge is -2.10. The molecular weight excluding hydrogens is 230 g/mol. The minimum Gasteiger partial charge on any atom is -0.384 e. The predicted molar refractivity (Wildman–Crippen MR) is 58.2 cm³/mol. The van der Waals surface area contributed by atoms with E-state index in [4.69, 9.17) is 10.5 Å². The quantitative estimate of drug-likeness (QED) is 0.762. The first-order chi connectivity index (χ1) is 7.58. The van der Waals surface area contributed by atoms with E-state index in [1.807, 2.05) is 0 Å². The molecular formula is C9H13N3O3S. The Morgan fingerprint density at radius 2 is 2.31 bits per heavy atom. The maximum Gasteiger partial charge on any atom is 0.242 e. The van der Waals surface area contributed by atoms with Gasteiger partial charge in [-0.15, -0.1) is 0 Å². The van der Waals surface area contributed by atoms with Crippen molar-refractivity contribution in [3.63, 3.8) is 0 Å². The number of aromatic nitrogens is 1. The van der Waals surface area contributed by atoms with E-state index >= 15 is 0 Å². The monoisotopic (exact) mass is 243 g/mol. The summed E-state index contributed by atoms with van der Waals surface area (Å²) >= 11 is 0. The average Bonchev–Trinajstić information content (AvgIpc) is 2.70. The molecule has 0 amide bonds. The Bertz CT molecular complexity index is 451. The molecule has 0 saturated carbocycles. The molecule has 1 aliphatic heterocycles. The molecule has 1 saturated heterocycles. The van der Waals surface area contributed by atoms with E-state index in [-0.39, 0.29) is 10.9 Å². The summed E-state index contributed by atoms with van der Waals surface area (Å²) in [5.74, 6) is 0.295. The fourth-order valence-electron chi connectivity index (χ4n) is 1.47. The average molecular weight is 243 g/mol. The number of nitrogen functional groups attached to an aromatic ring is 1. The van der Waals surface area contributed by atoms with Gasteiger partial charge in [0.25, 0.3) is 0 Å². The molecule has 2 rings (SSSR count). The number of hydrogen-bond donors (Lipinski definition) is 2. The summed E-state index contributed by atoms with van der Waals surface area (Å²) in [7, 11) is -3.51. The Morgan fingerprint density at radius 3 is 2.88 bits per heavy atom. The summed E-state index contributed by atoms with van der Waals surface area (Å²) in [6.45, 7) is 1.01. The maximum absolute atomic E-state index is 11.9. The van der Waals surface area contributed by atoms with Gasteiger partial charge in [-0.3, -0.25) is 0 Å². The summed E-state index contributed by atoms with van der Waals surface area (Å²) in [4.78, 5) is 3.87. The van der Waals surface area contributed by atoms with E-state index in [9.17, 15) is 8.42 Å². The van der Waals surface area contributed by atoms with Crippen LogP contribution in [0.25, 0.3) is 0 Å². The number of sulfonamides is 1. The molecule has 1 fully saturated rings. The van der Waals surface area contributed by atoms with Crippen LogP contribution in [-0.2, 0) is 14.8 Å². The molecule has 2 heterocycles. The molecule has 0 radical (unpaired) electrons. The Balaban J connectivity index is 2.14. The van der Waals surface area contributed by atoms with Crippen LogP contribution >= 0.6 is 0 Å². The Hall–Kier alpha value is -1.18. The number of hydrogen-bond acceptors (Lipinski definition) is 5. The fraction of sp³-hybridized carbons (Fsp3) is 0.444. The zero-order valence-electron chi connectivity index (χ0n) is 8.59. The fourth-order valence-corrected chi connectivity index (χ4v) is 2.67. The van der Waals surface area contributed by atoms with Crippen LogP contribution in [0.3, 0.4) is 0 Å². The highest BCUT2D eigenvalue weighted by molar-refractivity contribution is 7.89. The van der Waals surface area contributed by atoms with Gasteiger partial charge in [-0.1, -0.05) is 0 Å². The summed E-state index contributed by atoms with van der Waals surface area (Å²) in [6.07, 6.45) is 1.94. The van der Waals surface area contributed by atoms with Crippen molar-refractivity contribution >= 4 is 15.8 Å². The van der Waals surface area contributed by atoms with Crippen LogP contribution in [0.5, 0.6) is 0 Å². The molecule has 6 nitrogen and oxygen atoms in total. The largest absolute Gasteiger partial charge is 0.384 e. The van der Waals surface area contributed by atoms with Crippen LogP contribution in [0.4, 0.5) is 5.82 Å². The zero-order chi connectivity index (χ0) is 11.6. The maximum atomic E-state index is 11.9. The van der Waals surface area contributed by atoms with Crippen molar-refractivity contribution in [2.24, 2.45) is 0 Å². The lowest BCUT2D eigenvalue weighted by atomic mass is 10.3. The van der Waals surface area contributed by atoms with Gasteiger partial charge in [0.05, 0.1) is 6.61 Å². The van der Waals surface area contributed by atoms with Crippen molar-refractivity contribution in [2.75, 3.05) is 18.9 Å². The molecule has 1 aliphatic rings. The minimum atomic E-state index is -3.51. The molecule has 0 bridgehead atoms. The van der Waals surface area contributed by atoms with Crippen LogP contribution in [0.2, 0.25) is 0 Å². The van der Waals surface area contributed by atoms with E-state index in [1.165, 1.54) is 18.3 Å². The van der Waals surface area contributed by atoms with E-state index < -0.39 is 10.0 Å². The lowest BCUT2D eigenvalue weighted by Crippen LogP contribution is -2.35. The van der Waals surface area contributed by atoms with Crippen molar-refractivity contribution in [3.8, 4) is 0 Å². The van der Waals surface area contributed by atoms with Crippen LogP contribution < -0.4 is 10.5 Å². The van der Waals surface area contributed by atoms with Gasteiger partial charge in [0.1, 0.15) is 10.7 Å². The highest BCUT2D eigenvalue weighted by Crippen LogP contribution is 2.12. The Kier molecular flexibility index (Phi) is 3.08. The van der Waals surface area contributed by atoms with Gasteiger partial charge < -0.3 is 10.5 Å². The second kappa shape index (κ2) is 4.36. The van der Waals surface area contributed by atoms with E-state index in [2.05, 4.69) is 9.71 Å². The number of pyridine rings is 1. The van der Waals surface area contributed by atoms with Crippen LogP contribution in [0.15, 0.2) is 23.2 Å². The van der Waals surface area contributed by atoms with E-state index in [1.54, 1.807) is 0 Å². The third-order valence-electron chi connectivity index (χ3n) is 2.32. The predicted octanol–water partition coefficient (Wildman–Crippen LogP) is -0.269. The zero-order valence-corrected chi connectivity index (χ0v) is 9.40. The summed E-state index contributed by atoms with van der Waals surface area (Å²) in [5.41, 5.74) is 5.39. The molecule has 0 aliphatic carbocycles. The van der Waals surface area contributed by atoms with E-state index in [0.29, 0.717) is 25.5 Å². The molecule has 1 aromatic heterocycles. The molecule has 1 atom stereocenters. The standard InChI is InChI=1S/C9H13N3O3S/c10-9-2-1-8(5-11-9)16(13,14)12-7-3-4-15-6-7/h1-2,5,7,12H,3-4,6H2,(H2,10,11). The van der Waals surface area contributed by atoms with Crippen molar-refractivity contribution in [1.82, 2.24) is 9.71 Å². The molecule has 0 spiro atoms. The molecule has 1 unspecified atom stereocenters. The summed E-state index contributed by atoms with van der Waals surface area (Å²) in [6, 6.07) is 2.74. The number of rotatable bonds is 3. The van der Waals surface area contributed by atoms with E-state index in [0.717, 1.165) is 0 Å². The molecule has 16 heavy (non-hydrogen) atoms. The molecule has 88 valence electrons. The van der Waals surface area contributed by atoms with Gasteiger partial charge in [0.2, 0.25) is 10.0 Å². The van der Waals surface area contributed by atoms with Gasteiger partial charge in [0, 0.05) is 18.8 Å². The minimum absolute atomic E-state index is 0.119. The second-order valence-corrected chi connectivity index (χ2v) is 5.31. The Labute approximate surface area is 93.9 Å². The second-order valence-electron chi connectivity index (χ2n) is 3.60. The highest BCUT2D eigenvalue weighted by Gasteiger charge is 2.23. The first-order valence-corrected chi connectivity index (χ1v) is 6.38. The smallest absolute Gasteiger partial charge is 0.242 e. The summed E-state index contributed by atoms with van der Waals surface area (Å²) in [5, 5.41) is 0. The van der Waals surface area contributed by atoms with Crippen LogP contribution in [0, 0.1) is 0 Å². The molecule has 3 N–H and O–H groups in total. The number of nitrogens with two attached hydrogens (primary N) is 1. The number of nitrogens with one attached hydrogen (secondary N) is 1. The summed E-state index contributed by atoms with van der Waals surface area (Å²) < 4.78 is 31.4. The lowest BCUT2D eigenvalue weighted by molar-refractivity contribution is 0.192. The number of anilines is 1. The van der Waals surface area contributed by atoms with Crippen molar-refractivity contribution in [2.45, 2.75) is 17.4 Å². The number of ether oxygens (including phenoxy) is 1. The highest BCUT2D eigenvalue weighted by atomic mass is 32.2. The van der Waals surface area contributed by atoms with Crippen LogP contribution in [-0.4, -0.2) is 32.7 Å². The molecule has 1 aromatic rings. The first kappa shape index (κ1) is 11.3. The van der Waals surface area contributed by atoms with Crippen molar-refractivity contribution in [1.29, 1.82) is 0 Å². The third kappa shape index (κ3) is 2.49. The van der Waals surface area contributed by atoms with Crippen molar-refractivity contribution < 1.29 is 13.2 Å². The van der Waals surface area contributed by atoms with Gasteiger partial charge in [-0.05, 0) is 18.6 Å². The van der Waals surface area contributed by atoms with Gasteiger partial charge in [-0.2, -0.15) is 0 Å². The van der Waals surface area contributed by atoms with Crippen molar-refractivity contribution in [3.05, 3.63) is 18.3 Å². The normalized spacial score (nSPS) is 21.1. The third-order valence-corrected chi connectivity index (χ3v) is 3.83. The first-order valence-electron chi connectivity index (χ1n) is 4.89. The van der Waals surface area contributed by atoms with Gasteiger partial charge >= 0.3 is 0 Å². The van der Waals surface area contributed by atoms with Crippen LogP contribution in [0.1, 0.15) is 6.42 Å². The van der Waals surface area contributed by atoms with Gasteiger partial charge in [-0.25, -0.2) is 18.1 Å². The van der Waals surface area contributed by atoms with Gasteiger partial charge in [0.15, 0.2) is 0 Å². The SMILES string of the molecule is Nc1ccc(S(=O)(=O)NC2CCOC2)cn1. The topological polar surface area (TPSA) is 94.3 Å². The Morgan fingerprint density at radius 1 is 1.50 bits per heavy atom.